The molecule has 12 heteroatoms. The van der Waals surface area contributed by atoms with Crippen molar-refractivity contribution >= 4 is 69.5 Å². The van der Waals surface area contributed by atoms with E-state index in [1.165, 1.54) is 55.6 Å². The van der Waals surface area contributed by atoms with Crippen molar-refractivity contribution in [2.75, 3.05) is 16.8 Å². The van der Waals surface area contributed by atoms with Crippen molar-refractivity contribution in [1.82, 2.24) is 9.97 Å². The van der Waals surface area contributed by atoms with Crippen molar-refractivity contribution in [3.63, 3.8) is 0 Å². The number of halogens is 4. The number of aromatic amines is 1. The Bertz CT molecular complexity index is 1560. The molecule has 1 unspecified atom stereocenters. The first-order valence-corrected chi connectivity index (χ1v) is 11.2. The maximum atomic E-state index is 15.2. The zero-order chi connectivity index (χ0) is 25.2. The maximum absolute atomic E-state index is 15.2. The number of carbonyl (C=O) groups excluding carboxylic acids is 1. The van der Waals surface area contributed by atoms with E-state index in [1.54, 1.807) is 0 Å². The second-order valence-corrected chi connectivity index (χ2v) is 9.02. The number of aromatic nitrogens is 2. The molecule has 0 saturated heterocycles. The SMILES string of the molecule is CN(C(=O)O)c1nc2ccc(C3(O)c4c(Cl)ccc(Cl)c4C(=O)N3c3cccc(Cl)c3F)cc2[nH]1. The third kappa shape index (κ3) is 3.35. The van der Waals surface area contributed by atoms with Crippen LogP contribution in [-0.2, 0) is 5.72 Å². The van der Waals surface area contributed by atoms with Gasteiger partial charge in [-0.3, -0.25) is 14.6 Å². The van der Waals surface area contributed by atoms with Gasteiger partial charge < -0.3 is 15.2 Å². The molecule has 2 amide bonds. The Morgan fingerprint density at radius 3 is 2.54 bits per heavy atom. The van der Waals surface area contributed by atoms with Crippen LogP contribution in [0.4, 0.5) is 20.8 Å². The van der Waals surface area contributed by atoms with Crippen molar-refractivity contribution in [1.29, 1.82) is 0 Å². The van der Waals surface area contributed by atoms with Crippen LogP contribution in [0, 0.1) is 5.82 Å². The molecule has 8 nitrogen and oxygen atoms in total. The predicted molar refractivity (Wildman–Crippen MR) is 130 cm³/mol. The average molecular weight is 536 g/mol. The lowest BCUT2D eigenvalue weighted by molar-refractivity contribution is 0.0699. The number of benzene rings is 3. The topological polar surface area (TPSA) is 110 Å². The van der Waals surface area contributed by atoms with E-state index in [0.717, 1.165) is 9.80 Å². The average Bonchev–Trinajstić information content (AvgIpc) is 3.35. The largest absolute Gasteiger partial charge is 0.465 e. The standard InChI is InChI=1S/C23H14Cl3FN4O4/c1-30(22(33)34)21-28-14-8-5-10(9-15(14)29-21)23(35)18-12(25)7-6-11(24)17(18)20(32)31(23)16-4-2-3-13(26)19(16)27/h2-9,35H,1H3,(H,28,29)(H,33,34). The van der Waals surface area contributed by atoms with Crippen LogP contribution in [0.5, 0.6) is 0 Å². The molecule has 0 aliphatic carbocycles. The number of hydrogen-bond donors (Lipinski definition) is 3. The molecule has 0 fully saturated rings. The molecule has 1 aliphatic heterocycles. The number of carboxylic acid groups (broad SMARTS) is 1. The van der Waals surface area contributed by atoms with Gasteiger partial charge in [0.1, 0.15) is 0 Å². The Kier molecular flexibility index (Phi) is 5.41. The maximum Gasteiger partial charge on any atom is 0.413 e. The molecule has 5 rings (SSSR count). The fourth-order valence-corrected chi connectivity index (χ4v) is 4.85. The van der Waals surface area contributed by atoms with Gasteiger partial charge in [0.05, 0.1) is 32.3 Å². The van der Waals surface area contributed by atoms with Gasteiger partial charge in [0, 0.05) is 23.2 Å². The molecular formula is C23H14Cl3FN4O4. The first kappa shape index (κ1) is 23.4. The monoisotopic (exact) mass is 534 g/mol. The fraction of sp³-hybridized carbons (Fsp3) is 0.0870. The molecule has 0 bridgehead atoms. The van der Waals surface area contributed by atoms with Gasteiger partial charge in [-0.15, -0.1) is 0 Å². The third-order valence-corrected chi connectivity index (χ3v) is 6.76. The first-order chi connectivity index (χ1) is 16.6. The predicted octanol–water partition coefficient (Wildman–Crippen LogP) is 5.63. The Morgan fingerprint density at radius 2 is 1.83 bits per heavy atom. The molecule has 3 aromatic carbocycles. The summed E-state index contributed by atoms with van der Waals surface area (Å²) >= 11 is 18.8. The van der Waals surface area contributed by atoms with E-state index in [0.29, 0.717) is 11.0 Å². The number of nitrogens with one attached hydrogen (secondary N) is 1. The third-order valence-electron chi connectivity index (χ3n) is 5.84. The van der Waals surface area contributed by atoms with Crippen LogP contribution in [-0.4, -0.2) is 39.2 Å². The molecule has 35 heavy (non-hydrogen) atoms. The molecule has 4 aromatic rings. The summed E-state index contributed by atoms with van der Waals surface area (Å²) in [6, 6.07) is 11.3. The minimum Gasteiger partial charge on any atom is -0.465 e. The smallest absolute Gasteiger partial charge is 0.413 e. The van der Waals surface area contributed by atoms with Crippen molar-refractivity contribution in [2.24, 2.45) is 0 Å². The van der Waals surface area contributed by atoms with Gasteiger partial charge in [-0.1, -0.05) is 46.9 Å². The van der Waals surface area contributed by atoms with E-state index < -0.39 is 23.5 Å². The van der Waals surface area contributed by atoms with Crippen molar-refractivity contribution < 1.29 is 24.2 Å². The lowest BCUT2D eigenvalue weighted by Gasteiger charge is -2.35. The number of rotatable bonds is 3. The Labute approximate surface area is 212 Å². The summed E-state index contributed by atoms with van der Waals surface area (Å²) in [5.41, 5.74) is -1.83. The molecule has 3 N–H and O–H groups in total. The summed E-state index contributed by atoms with van der Waals surface area (Å²) < 4.78 is 15.2. The first-order valence-electron chi connectivity index (χ1n) is 10.0. The van der Waals surface area contributed by atoms with Gasteiger partial charge in [-0.25, -0.2) is 14.2 Å². The summed E-state index contributed by atoms with van der Waals surface area (Å²) in [6.07, 6.45) is -1.23. The molecule has 0 saturated carbocycles. The number of amides is 2. The van der Waals surface area contributed by atoms with Gasteiger partial charge >= 0.3 is 6.09 Å². The summed E-state index contributed by atoms with van der Waals surface area (Å²) in [6.45, 7) is 0. The van der Waals surface area contributed by atoms with E-state index >= 15 is 4.39 Å². The number of nitrogens with zero attached hydrogens (tertiary/aromatic N) is 3. The highest BCUT2D eigenvalue weighted by Crippen LogP contribution is 2.50. The van der Waals surface area contributed by atoms with E-state index in [-0.39, 0.29) is 43.4 Å². The van der Waals surface area contributed by atoms with Crippen molar-refractivity contribution in [3.8, 4) is 0 Å². The van der Waals surface area contributed by atoms with Crippen LogP contribution >= 0.6 is 34.8 Å². The van der Waals surface area contributed by atoms with Crippen LogP contribution in [0.2, 0.25) is 15.1 Å². The van der Waals surface area contributed by atoms with Crippen LogP contribution < -0.4 is 9.80 Å². The second kappa shape index (κ2) is 8.10. The number of hydrogen-bond acceptors (Lipinski definition) is 4. The van der Waals surface area contributed by atoms with Gasteiger partial charge in [-0.05, 0) is 36.4 Å². The van der Waals surface area contributed by atoms with Gasteiger partial charge in [-0.2, -0.15) is 0 Å². The number of aliphatic hydroxyl groups is 1. The lowest BCUT2D eigenvalue weighted by atomic mass is 9.93. The van der Waals surface area contributed by atoms with Gasteiger partial charge in [0.25, 0.3) is 5.91 Å². The summed E-state index contributed by atoms with van der Waals surface area (Å²) in [7, 11) is 1.31. The van der Waals surface area contributed by atoms with Gasteiger partial charge in [0.2, 0.25) is 11.7 Å². The Morgan fingerprint density at radius 1 is 1.11 bits per heavy atom. The number of imidazole rings is 1. The highest BCUT2D eigenvalue weighted by Gasteiger charge is 2.54. The van der Waals surface area contributed by atoms with Crippen LogP contribution in [0.3, 0.4) is 0 Å². The molecule has 0 radical (unpaired) electrons. The highest BCUT2D eigenvalue weighted by atomic mass is 35.5. The quantitative estimate of drug-likeness (QED) is 0.315. The number of H-pyrrole nitrogens is 1. The Balaban J connectivity index is 1.80. The zero-order valence-electron chi connectivity index (χ0n) is 17.7. The minimum atomic E-state index is -2.29. The second-order valence-electron chi connectivity index (χ2n) is 7.80. The van der Waals surface area contributed by atoms with Crippen molar-refractivity contribution in [2.45, 2.75) is 5.72 Å². The number of carbonyl (C=O) groups is 2. The fourth-order valence-electron chi connectivity index (χ4n) is 4.16. The Hall–Kier alpha value is -3.37. The highest BCUT2D eigenvalue weighted by molar-refractivity contribution is 6.38. The molecule has 178 valence electrons. The molecule has 1 aromatic heterocycles. The summed E-state index contributed by atoms with van der Waals surface area (Å²) in [5.74, 6) is -1.67. The molecular weight excluding hydrogens is 522 g/mol. The molecule has 2 heterocycles. The van der Waals surface area contributed by atoms with Crippen LogP contribution in [0.25, 0.3) is 11.0 Å². The van der Waals surface area contributed by atoms with Gasteiger partial charge in [0.15, 0.2) is 5.82 Å². The summed E-state index contributed by atoms with van der Waals surface area (Å²) in [4.78, 5) is 33.7. The van der Waals surface area contributed by atoms with Crippen LogP contribution in [0.1, 0.15) is 21.5 Å². The molecule has 1 aliphatic rings. The molecule has 0 spiro atoms. The van der Waals surface area contributed by atoms with E-state index in [4.69, 9.17) is 34.8 Å². The van der Waals surface area contributed by atoms with E-state index in [1.807, 2.05) is 0 Å². The van der Waals surface area contributed by atoms with Crippen LogP contribution in [0.15, 0.2) is 48.5 Å². The van der Waals surface area contributed by atoms with E-state index in [9.17, 15) is 19.8 Å². The summed E-state index contributed by atoms with van der Waals surface area (Å²) in [5, 5.41) is 21.2. The normalized spacial score (nSPS) is 17.2. The lowest BCUT2D eigenvalue weighted by Crippen LogP contribution is -2.45. The van der Waals surface area contributed by atoms with E-state index in [2.05, 4.69) is 9.97 Å². The zero-order valence-corrected chi connectivity index (χ0v) is 20.0. The van der Waals surface area contributed by atoms with Crippen molar-refractivity contribution in [3.05, 3.63) is 86.1 Å². The number of anilines is 2. The molecule has 1 atom stereocenters. The number of fused-ring (bicyclic) bond motifs is 2. The minimum absolute atomic E-state index is 0.0192.